The average molecular weight is 534 g/mol. The zero-order valence-corrected chi connectivity index (χ0v) is 20.8. The third-order valence-electron chi connectivity index (χ3n) is 6.42. The summed E-state index contributed by atoms with van der Waals surface area (Å²) in [6.45, 7) is -0.0804. The monoisotopic (exact) mass is 533 g/mol. The Kier molecular flexibility index (Phi) is 7.24. The molecular weight excluding hydrogens is 511 g/mol. The van der Waals surface area contributed by atoms with Crippen molar-refractivity contribution in [2.45, 2.75) is 28.4 Å². The molecule has 4 aromatic carbocycles. The Bertz CT molecular complexity index is 1460. The number of nitrogens with one attached hydrogen (secondary N) is 1. The molecule has 1 aliphatic rings. The van der Waals surface area contributed by atoms with Gasteiger partial charge in [-0.25, -0.2) is 4.79 Å². The molecule has 0 fully saturated rings. The molecule has 0 aromatic heterocycles. The third kappa shape index (κ3) is 5.31. The minimum atomic E-state index is -4.54. The van der Waals surface area contributed by atoms with Crippen LogP contribution in [0.2, 0.25) is 0 Å². The van der Waals surface area contributed by atoms with E-state index in [4.69, 9.17) is 4.74 Å². The van der Waals surface area contributed by atoms with Crippen molar-refractivity contribution in [3.05, 3.63) is 119 Å². The zero-order valence-electron chi connectivity index (χ0n) is 20.0. The van der Waals surface area contributed by atoms with Gasteiger partial charge in [0.15, 0.2) is 6.29 Å². The minimum Gasteiger partial charge on any atom is -0.449 e. The molecule has 0 unspecified atom stereocenters. The summed E-state index contributed by atoms with van der Waals surface area (Å²) < 4.78 is 45.8. The Morgan fingerprint density at radius 2 is 1.50 bits per heavy atom. The van der Waals surface area contributed by atoms with Gasteiger partial charge in [0.2, 0.25) is 0 Å². The van der Waals surface area contributed by atoms with Gasteiger partial charge in [0.05, 0.1) is 5.56 Å². The van der Waals surface area contributed by atoms with E-state index in [1.165, 1.54) is 6.07 Å². The molecule has 1 amide bonds. The van der Waals surface area contributed by atoms with Gasteiger partial charge in [0.1, 0.15) is 6.61 Å². The molecule has 0 saturated carbocycles. The molecule has 1 N–H and O–H groups in total. The lowest BCUT2D eigenvalue weighted by Crippen LogP contribution is -2.26. The first-order chi connectivity index (χ1) is 18.3. The molecule has 0 aliphatic heterocycles. The van der Waals surface area contributed by atoms with Crippen LogP contribution in [-0.4, -0.2) is 19.0 Å². The molecule has 192 valence electrons. The maximum Gasteiger partial charge on any atom is 0.416 e. The summed E-state index contributed by atoms with van der Waals surface area (Å²) in [6.07, 6.45) is -4.57. The number of alkyl carbamates (subject to hydrolysis) is 1. The molecule has 4 aromatic rings. The quantitative estimate of drug-likeness (QED) is 0.247. The summed E-state index contributed by atoms with van der Waals surface area (Å²) in [7, 11) is 0. The molecule has 0 spiro atoms. The molecule has 5 rings (SSSR count). The van der Waals surface area contributed by atoms with Gasteiger partial charge in [-0.1, -0.05) is 78.5 Å². The lowest BCUT2D eigenvalue weighted by molar-refractivity contribution is -0.137. The summed E-state index contributed by atoms with van der Waals surface area (Å²) in [5.41, 5.74) is 4.18. The Labute approximate surface area is 221 Å². The van der Waals surface area contributed by atoms with Gasteiger partial charge < -0.3 is 10.1 Å². The van der Waals surface area contributed by atoms with E-state index < -0.39 is 17.8 Å². The van der Waals surface area contributed by atoms with Crippen molar-refractivity contribution in [2.75, 3.05) is 6.61 Å². The van der Waals surface area contributed by atoms with Crippen molar-refractivity contribution in [2.24, 2.45) is 0 Å². The summed E-state index contributed by atoms with van der Waals surface area (Å²) in [6, 6.07) is 26.0. The Balaban J connectivity index is 1.31. The maximum absolute atomic E-state index is 13.4. The van der Waals surface area contributed by atoms with Crippen LogP contribution < -0.4 is 5.32 Å². The number of carbonyl (C=O) groups excluding carboxylic acids is 2. The van der Waals surface area contributed by atoms with Crippen molar-refractivity contribution in [1.29, 1.82) is 0 Å². The summed E-state index contributed by atoms with van der Waals surface area (Å²) in [4.78, 5) is 25.1. The van der Waals surface area contributed by atoms with E-state index in [0.29, 0.717) is 21.6 Å². The van der Waals surface area contributed by atoms with E-state index >= 15 is 0 Å². The number of benzene rings is 4. The summed E-state index contributed by atoms with van der Waals surface area (Å²) in [5, 5.41) is 2.59. The van der Waals surface area contributed by atoms with Crippen molar-refractivity contribution in [3.63, 3.8) is 0 Å². The first-order valence-corrected chi connectivity index (χ1v) is 12.7. The van der Waals surface area contributed by atoms with E-state index in [9.17, 15) is 22.8 Å². The van der Waals surface area contributed by atoms with Gasteiger partial charge in [-0.05, 0) is 52.1 Å². The van der Waals surface area contributed by atoms with Crippen LogP contribution >= 0.6 is 11.8 Å². The van der Waals surface area contributed by atoms with Crippen LogP contribution in [0, 0.1) is 0 Å². The highest BCUT2D eigenvalue weighted by Gasteiger charge is 2.31. The van der Waals surface area contributed by atoms with Crippen molar-refractivity contribution in [1.82, 2.24) is 5.32 Å². The lowest BCUT2D eigenvalue weighted by atomic mass is 9.98. The fourth-order valence-electron chi connectivity index (χ4n) is 4.60. The number of hydrogen-bond donors (Lipinski definition) is 1. The van der Waals surface area contributed by atoms with E-state index in [1.54, 1.807) is 24.3 Å². The first-order valence-electron chi connectivity index (χ1n) is 11.9. The number of halogens is 3. The average Bonchev–Trinajstić information content (AvgIpc) is 3.24. The van der Waals surface area contributed by atoms with Crippen LogP contribution in [0.15, 0.2) is 101 Å². The van der Waals surface area contributed by atoms with E-state index in [-0.39, 0.29) is 24.6 Å². The van der Waals surface area contributed by atoms with Crippen LogP contribution in [0.25, 0.3) is 11.1 Å². The molecule has 4 nitrogen and oxygen atoms in total. The number of aldehydes is 1. The second-order valence-electron chi connectivity index (χ2n) is 8.76. The number of alkyl halides is 3. The second kappa shape index (κ2) is 10.8. The number of hydrogen-bond acceptors (Lipinski definition) is 4. The van der Waals surface area contributed by atoms with Gasteiger partial charge in [0.25, 0.3) is 0 Å². The number of carbonyl (C=O) groups is 2. The van der Waals surface area contributed by atoms with E-state index in [0.717, 1.165) is 46.1 Å². The predicted molar refractivity (Wildman–Crippen MR) is 139 cm³/mol. The molecule has 0 radical (unpaired) electrons. The van der Waals surface area contributed by atoms with E-state index in [2.05, 4.69) is 5.32 Å². The fourth-order valence-corrected chi connectivity index (χ4v) is 5.62. The number of rotatable bonds is 7. The Morgan fingerprint density at radius 1 is 0.868 bits per heavy atom. The van der Waals surface area contributed by atoms with Crippen LogP contribution in [0.4, 0.5) is 18.0 Å². The normalized spacial score (nSPS) is 12.5. The molecule has 0 bridgehead atoms. The van der Waals surface area contributed by atoms with Gasteiger partial charge in [-0.15, -0.1) is 0 Å². The van der Waals surface area contributed by atoms with Crippen LogP contribution in [0.1, 0.15) is 38.5 Å². The Morgan fingerprint density at radius 3 is 2.16 bits per heavy atom. The number of amides is 1. The molecule has 38 heavy (non-hydrogen) atoms. The smallest absolute Gasteiger partial charge is 0.416 e. The molecular formula is C30H22F3NO3S. The lowest BCUT2D eigenvalue weighted by Gasteiger charge is -2.16. The van der Waals surface area contributed by atoms with Gasteiger partial charge in [0, 0.05) is 27.8 Å². The zero-order chi connectivity index (χ0) is 26.7. The highest BCUT2D eigenvalue weighted by atomic mass is 32.2. The maximum atomic E-state index is 13.4. The van der Waals surface area contributed by atoms with Crippen molar-refractivity contribution < 1.29 is 27.5 Å². The third-order valence-corrected chi connectivity index (χ3v) is 7.63. The SMILES string of the molecule is O=Cc1ccccc1Sc1ccc(C(F)(F)F)cc1CNC(=O)OCC1c2ccccc2-c2ccccc21. The number of ether oxygens (including phenoxy) is 1. The second-order valence-corrected chi connectivity index (χ2v) is 9.84. The molecule has 1 aliphatic carbocycles. The van der Waals surface area contributed by atoms with Crippen molar-refractivity contribution >= 4 is 24.1 Å². The van der Waals surface area contributed by atoms with E-state index in [1.807, 2.05) is 48.5 Å². The highest BCUT2D eigenvalue weighted by molar-refractivity contribution is 7.99. The first kappa shape index (κ1) is 25.6. The largest absolute Gasteiger partial charge is 0.449 e. The van der Waals surface area contributed by atoms with Crippen LogP contribution in [0.3, 0.4) is 0 Å². The predicted octanol–water partition coefficient (Wildman–Crippen LogP) is 7.71. The molecule has 0 saturated heterocycles. The molecule has 8 heteroatoms. The highest BCUT2D eigenvalue weighted by Crippen LogP contribution is 2.44. The van der Waals surface area contributed by atoms with Gasteiger partial charge >= 0.3 is 12.3 Å². The topological polar surface area (TPSA) is 55.4 Å². The minimum absolute atomic E-state index is 0.0940. The summed E-state index contributed by atoms with van der Waals surface area (Å²) in [5.74, 6) is -0.132. The van der Waals surface area contributed by atoms with Gasteiger partial charge in [-0.2, -0.15) is 13.2 Å². The standard InChI is InChI=1S/C30H22F3NO3S/c31-30(32,33)21-13-14-28(38-27-12-6-1-7-19(27)17-35)20(15-21)16-34-29(36)37-18-26-24-10-4-2-8-22(24)23-9-3-5-11-25(23)26/h1-15,17,26H,16,18H2,(H,34,36). The molecule has 0 heterocycles. The van der Waals surface area contributed by atoms with Gasteiger partial charge in [-0.3, -0.25) is 4.79 Å². The molecule has 0 atom stereocenters. The van der Waals surface area contributed by atoms with Crippen LogP contribution in [0.5, 0.6) is 0 Å². The Hall–Kier alpha value is -4.04. The fraction of sp³-hybridized carbons (Fsp3) is 0.133. The number of fused-ring (bicyclic) bond motifs is 3. The van der Waals surface area contributed by atoms with Crippen molar-refractivity contribution in [3.8, 4) is 11.1 Å². The summed E-state index contributed by atoms with van der Waals surface area (Å²) >= 11 is 1.16. The van der Waals surface area contributed by atoms with Crippen LogP contribution in [-0.2, 0) is 17.5 Å².